The Morgan fingerprint density at radius 3 is 2.86 bits per heavy atom. The number of aliphatic hydroxyl groups excluding tert-OH is 1. The number of hydrogen-bond acceptors (Lipinski definition) is 4. The standard InChI is InChI=1S/C10H17NO3/c1-11-6-3-4-7(11)9(8(12)5-6)10(13)14-2/h6-9,12H,3-5H2,1-2H3/t6?,7-,8?,9?/m1/s1. The molecule has 0 radical (unpaired) electrons. The van der Waals surface area contributed by atoms with E-state index in [1.54, 1.807) is 0 Å². The Labute approximate surface area is 83.8 Å². The molecule has 2 rings (SSSR count). The molecule has 2 heterocycles. The molecular formula is C10H17NO3. The van der Waals surface area contributed by atoms with E-state index in [2.05, 4.69) is 4.90 Å². The second-order valence-corrected chi connectivity index (χ2v) is 4.32. The van der Waals surface area contributed by atoms with Gasteiger partial charge in [-0.1, -0.05) is 0 Å². The van der Waals surface area contributed by atoms with E-state index in [1.165, 1.54) is 7.11 Å². The van der Waals surface area contributed by atoms with Gasteiger partial charge in [-0.25, -0.2) is 0 Å². The van der Waals surface area contributed by atoms with E-state index in [9.17, 15) is 9.90 Å². The fourth-order valence-electron chi connectivity index (χ4n) is 2.89. The molecule has 0 aliphatic carbocycles. The first-order valence-corrected chi connectivity index (χ1v) is 5.13. The van der Waals surface area contributed by atoms with E-state index >= 15 is 0 Å². The molecule has 14 heavy (non-hydrogen) atoms. The molecule has 4 nitrogen and oxygen atoms in total. The van der Waals surface area contributed by atoms with Gasteiger partial charge in [0.05, 0.1) is 19.1 Å². The predicted molar refractivity (Wildman–Crippen MR) is 50.7 cm³/mol. The summed E-state index contributed by atoms with van der Waals surface area (Å²) in [7, 11) is 3.42. The third-order valence-corrected chi connectivity index (χ3v) is 3.71. The Kier molecular flexibility index (Phi) is 2.49. The number of rotatable bonds is 1. The molecule has 2 aliphatic rings. The highest BCUT2D eigenvalue weighted by Gasteiger charge is 2.48. The van der Waals surface area contributed by atoms with Crippen molar-refractivity contribution in [1.29, 1.82) is 0 Å². The summed E-state index contributed by atoms with van der Waals surface area (Å²) in [6.07, 6.45) is 2.27. The minimum absolute atomic E-state index is 0.177. The normalized spacial score (nSPS) is 42.5. The zero-order chi connectivity index (χ0) is 10.3. The average Bonchev–Trinajstić information content (AvgIpc) is 2.42. The van der Waals surface area contributed by atoms with Crippen LogP contribution in [0.3, 0.4) is 0 Å². The Morgan fingerprint density at radius 1 is 1.50 bits per heavy atom. The maximum atomic E-state index is 11.5. The summed E-state index contributed by atoms with van der Waals surface area (Å²) in [5.41, 5.74) is 0. The summed E-state index contributed by atoms with van der Waals surface area (Å²) in [4.78, 5) is 13.7. The van der Waals surface area contributed by atoms with Gasteiger partial charge in [0.15, 0.2) is 0 Å². The largest absolute Gasteiger partial charge is 0.469 e. The molecule has 0 aromatic rings. The molecule has 4 heteroatoms. The second kappa shape index (κ2) is 3.51. The van der Waals surface area contributed by atoms with E-state index in [4.69, 9.17) is 4.74 Å². The van der Waals surface area contributed by atoms with E-state index in [-0.39, 0.29) is 17.9 Å². The van der Waals surface area contributed by atoms with Gasteiger partial charge in [-0.15, -0.1) is 0 Å². The third kappa shape index (κ3) is 1.33. The van der Waals surface area contributed by atoms with E-state index in [0.717, 1.165) is 12.8 Å². The lowest BCUT2D eigenvalue weighted by Gasteiger charge is -2.39. The lowest BCUT2D eigenvalue weighted by Crippen LogP contribution is -2.52. The van der Waals surface area contributed by atoms with Crippen LogP contribution in [0.2, 0.25) is 0 Å². The van der Waals surface area contributed by atoms with Crippen LogP contribution in [0.1, 0.15) is 19.3 Å². The molecule has 0 amide bonds. The monoisotopic (exact) mass is 199 g/mol. The van der Waals surface area contributed by atoms with Crippen LogP contribution in [0.25, 0.3) is 0 Å². The van der Waals surface area contributed by atoms with Crippen LogP contribution in [0.15, 0.2) is 0 Å². The number of nitrogens with zero attached hydrogens (tertiary/aromatic N) is 1. The molecule has 2 saturated heterocycles. The number of methoxy groups -OCH3 is 1. The molecule has 2 aliphatic heterocycles. The SMILES string of the molecule is COC(=O)C1C(O)CC2CC[C@H]1N2C. The maximum Gasteiger partial charge on any atom is 0.312 e. The summed E-state index contributed by atoms with van der Waals surface area (Å²) >= 11 is 0. The predicted octanol–water partition coefficient (Wildman–Crippen LogP) is 0.00300. The molecule has 0 aromatic heterocycles. The van der Waals surface area contributed by atoms with Crippen LogP contribution in [-0.4, -0.2) is 48.3 Å². The zero-order valence-corrected chi connectivity index (χ0v) is 8.64. The molecule has 0 spiro atoms. The van der Waals surface area contributed by atoms with Crippen molar-refractivity contribution < 1.29 is 14.6 Å². The lowest BCUT2D eigenvalue weighted by atomic mass is 9.88. The number of aliphatic hydroxyl groups is 1. The van der Waals surface area contributed by atoms with Crippen molar-refractivity contribution in [3.8, 4) is 0 Å². The summed E-state index contributed by atoms with van der Waals surface area (Å²) in [6, 6.07) is 0.632. The topological polar surface area (TPSA) is 49.8 Å². The average molecular weight is 199 g/mol. The minimum atomic E-state index is -0.517. The maximum absolute atomic E-state index is 11.5. The Balaban J connectivity index is 2.18. The van der Waals surface area contributed by atoms with Gasteiger partial charge >= 0.3 is 5.97 Å². The number of ether oxygens (including phenoxy) is 1. The number of carbonyl (C=O) groups is 1. The van der Waals surface area contributed by atoms with Crippen LogP contribution >= 0.6 is 0 Å². The first kappa shape index (κ1) is 9.93. The van der Waals surface area contributed by atoms with Crippen LogP contribution < -0.4 is 0 Å². The van der Waals surface area contributed by atoms with Gasteiger partial charge < -0.3 is 9.84 Å². The minimum Gasteiger partial charge on any atom is -0.469 e. The van der Waals surface area contributed by atoms with Crippen LogP contribution in [-0.2, 0) is 9.53 Å². The van der Waals surface area contributed by atoms with Crippen LogP contribution in [0, 0.1) is 5.92 Å². The first-order chi connectivity index (χ1) is 6.65. The molecule has 0 aromatic carbocycles. The summed E-state index contributed by atoms with van der Waals surface area (Å²) in [5, 5.41) is 9.84. The second-order valence-electron chi connectivity index (χ2n) is 4.32. The molecule has 4 atom stereocenters. The Hall–Kier alpha value is -0.610. The van der Waals surface area contributed by atoms with Crippen molar-refractivity contribution in [3.63, 3.8) is 0 Å². The molecule has 3 unspecified atom stereocenters. The summed E-state index contributed by atoms with van der Waals surface area (Å²) < 4.78 is 4.73. The number of piperidine rings is 1. The Bertz CT molecular complexity index is 244. The van der Waals surface area contributed by atoms with Gasteiger partial charge in [-0.2, -0.15) is 0 Å². The van der Waals surface area contributed by atoms with Crippen LogP contribution in [0.5, 0.6) is 0 Å². The van der Waals surface area contributed by atoms with Crippen molar-refractivity contribution in [2.24, 2.45) is 5.92 Å². The van der Waals surface area contributed by atoms with E-state index < -0.39 is 6.10 Å². The first-order valence-electron chi connectivity index (χ1n) is 5.13. The summed E-state index contributed by atoms with van der Waals surface area (Å²) in [6.45, 7) is 0. The van der Waals surface area contributed by atoms with Crippen molar-refractivity contribution in [3.05, 3.63) is 0 Å². The fraction of sp³-hybridized carbons (Fsp3) is 0.900. The van der Waals surface area contributed by atoms with Gasteiger partial charge in [0.2, 0.25) is 0 Å². The summed E-state index contributed by atoms with van der Waals surface area (Å²) in [5.74, 6) is -0.613. The zero-order valence-electron chi connectivity index (χ0n) is 8.64. The lowest BCUT2D eigenvalue weighted by molar-refractivity contribution is -0.155. The molecule has 2 fully saturated rings. The molecule has 1 N–H and O–H groups in total. The van der Waals surface area contributed by atoms with Crippen LogP contribution in [0.4, 0.5) is 0 Å². The third-order valence-electron chi connectivity index (χ3n) is 3.71. The van der Waals surface area contributed by atoms with Gasteiger partial charge in [0, 0.05) is 12.1 Å². The number of fused-ring (bicyclic) bond motifs is 2. The smallest absolute Gasteiger partial charge is 0.312 e. The van der Waals surface area contributed by atoms with Crippen molar-refractivity contribution in [2.45, 2.75) is 37.5 Å². The van der Waals surface area contributed by atoms with Gasteiger partial charge in [0.1, 0.15) is 0 Å². The van der Waals surface area contributed by atoms with E-state index in [0.29, 0.717) is 12.5 Å². The molecule has 0 saturated carbocycles. The quantitative estimate of drug-likeness (QED) is 0.604. The molecule has 2 bridgehead atoms. The highest BCUT2D eigenvalue weighted by molar-refractivity contribution is 5.74. The highest BCUT2D eigenvalue weighted by Crippen LogP contribution is 2.38. The van der Waals surface area contributed by atoms with Gasteiger partial charge in [-0.05, 0) is 26.3 Å². The van der Waals surface area contributed by atoms with Crippen molar-refractivity contribution >= 4 is 5.97 Å². The van der Waals surface area contributed by atoms with Crippen molar-refractivity contribution in [2.75, 3.05) is 14.2 Å². The van der Waals surface area contributed by atoms with E-state index in [1.807, 2.05) is 7.05 Å². The van der Waals surface area contributed by atoms with Gasteiger partial charge in [-0.3, -0.25) is 9.69 Å². The molecular weight excluding hydrogens is 182 g/mol. The number of carbonyl (C=O) groups excluding carboxylic acids is 1. The number of hydrogen-bond donors (Lipinski definition) is 1. The number of esters is 1. The fourth-order valence-corrected chi connectivity index (χ4v) is 2.89. The van der Waals surface area contributed by atoms with Crippen molar-refractivity contribution in [1.82, 2.24) is 4.90 Å². The Morgan fingerprint density at radius 2 is 2.21 bits per heavy atom. The van der Waals surface area contributed by atoms with Gasteiger partial charge in [0.25, 0.3) is 0 Å². The molecule has 80 valence electrons. The highest BCUT2D eigenvalue weighted by atomic mass is 16.5.